The quantitative estimate of drug-likeness (QED) is 0.840. The van der Waals surface area contributed by atoms with Crippen LogP contribution in [0, 0.1) is 11.7 Å². The predicted octanol–water partition coefficient (Wildman–Crippen LogP) is 3.18. The Morgan fingerprint density at radius 2 is 1.72 bits per heavy atom. The van der Waals surface area contributed by atoms with Crippen LogP contribution < -0.4 is 0 Å². The standard InChI is InChI=1S/C20H27FN2O2/c1-15(17-6-2-3-7-18(17)21)14-19(24)22-12-8-16(9-13-22)20(25)23-10-4-5-11-23/h2-3,6-7,15-16H,4-5,8-14H2,1H3/t15-/m1/s1. The first kappa shape index (κ1) is 17.9. The monoisotopic (exact) mass is 346 g/mol. The summed E-state index contributed by atoms with van der Waals surface area (Å²) in [7, 11) is 0. The molecule has 3 rings (SSSR count). The zero-order valence-corrected chi connectivity index (χ0v) is 14.9. The van der Waals surface area contributed by atoms with Crippen LogP contribution in [0.25, 0.3) is 0 Å². The lowest BCUT2D eigenvalue weighted by Gasteiger charge is -2.33. The van der Waals surface area contributed by atoms with Gasteiger partial charge in [0.05, 0.1) is 0 Å². The third-order valence-electron chi connectivity index (χ3n) is 5.53. The van der Waals surface area contributed by atoms with E-state index in [2.05, 4.69) is 0 Å². The number of carbonyl (C=O) groups excluding carboxylic acids is 2. The molecule has 2 aliphatic heterocycles. The van der Waals surface area contributed by atoms with E-state index in [9.17, 15) is 14.0 Å². The summed E-state index contributed by atoms with van der Waals surface area (Å²) in [5, 5.41) is 0. The Bertz CT molecular complexity index is 620. The number of hydrogen-bond donors (Lipinski definition) is 0. The molecule has 2 heterocycles. The first-order valence-corrected chi connectivity index (χ1v) is 9.37. The molecule has 0 aromatic heterocycles. The van der Waals surface area contributed by atoms with Gasteiger partial charge in [-0.15, -0.1) is 0 Å². The van der Waals surface area contributed by atoms with Crippen molar-refractivity contribution < 1.29 is 14.0 Å². The number of amides is 2. The number of halogens is 1. The fraction of sp³-hybridized carbons (Fsp3) is 0.600. The molecule has 25 heavy (non-hydrogen) atoms. The molecule has 1 aromatic rings. The van der Waals surface area contributed by atoms with Crippen molar-refractivity contribution in [3.05, 3.63) is 35.6 Å². The highest BCUT2D eigenvalue weighted by Gasteiger charge is 2.31. The molecule has 5 heteroatoms. The Hall–Kier alpha value is -1.91. The highest BCUT2D eigenvalue weighted by Crippen LogP contribution is 2.26. The van der Waals surface area contributed by atoms with Gasteiger partial charge in [-0.25, -0.2) is 4.39 Å². The second kappa shape index (κ2) is 7.98. The van der Waals surface area contributed by atoms with E-state index in [1.165, 1.54) is 6.07 Å². The maximum atomic E-state index is 13.9. The molecule has 2 aliphatic rings. The van der Waals surface area contributed by atoms with Gasteiger partial charge in [0.15, 0.2) is 0 Å². The predicted molar refractivity (Wildman–Crippen MR) is 94.6 cm³/mol. The first-order chi connectivity index (χ1) is 12.1. The van der Waals surface area contributed by atoms with Gasteiger partial charge in [-0.05, 0) is 43.2 Å². The van der Waals surface area contributed by atoms with Gasteiger partial charge in [-0.1, -0.05) is 25.1 Å². The number of nitrogens with zero attached hydrogens (tertiary/aromatic N) is 2. The lowest BCUT2D eigenvalue weighted by atomic mass is 9.93. The van der Waals surface area contributed by atoms with Crippen LogP contribution >= 0.6 is 0 Å². The van der Waals surface area contributed by atoms with Gasteiger partial charge in [-0.3, -0.25) is 9.59 Å². The fourth-order valence-corrected chi connectivity index (χ4v) is 3.95. The molecule has 0 N–H and O–H groups in total. The van der Waals surface area contributed by atoms with Crippen LogP contribution in [0.5, 0.6) is 0 Å². The average Bonchev–Trinajstić information content (AvgIpc) is 3.16. The SMILES string of the molecule is C[C@H](CC(=O)N1CCC(C(=O)N2CCCC2)CC1)c1ccccc1F. The molecule has 136 valence electrons. The van der Waals surface area contributed by atoms with Crippen molar-refractivity contribution in [2.24, 2.45) is 5.92 Å². The van der Waals surface area contributed by atoms with Crippen LogP contribution in [-0.2, 0) is 9.59 Å². The van der Waals surface area contributed by atoms with Crippen molar-refractivity contribution in [2.45, 2.75) is 44.9 Å². The largest absolute Gasteiger partial charge is 0.343 e. The molecule has 4 nitrogen and oxygen atoms in total. The van der Waals surface area contributed by atoms with E-state index in [1.54, 1.807) is 18.2 Å². The van der Waals surface area contributed by atoms with Crippen LogP contribution in [0.4, 0.5) is 4.39 Å². The van der Waals surface area contributed by atoms with Gasteiger partial charge in [-0.2, -0.15) is 0 Å². The van der Waals surface area contributed by atoms with E-state index in [1.807, 2.05) is 16.7 Å². The first-order valence-electron chi connectivity index (χ1n) is 9.37. The number of rotatable bonds is 4. The van der Waals surface area contributed by atoms with Gasteiger partial charge in [0.2, 0.25) is 11.8 Å². The highest BCUT2D eigenvalue weighted by atomic mass is 19.1. The Morgan fingerprint density at radius 1 is 1.08 bits per heavy atom. The van der Waals surface area contributed by atoms with Gasteiger partial charge < -0.3 is 9.80 Å². The summed E-state index contributed by atoms with van der Waals surface area (Å²) in [6.07, 6.45) is 4.02. The van der Waals surface area contributed by atoms with Crippen LogP contribution in [0.1, 0.15) is 50.5 Å². The topological polar surface area (TPSA) is 40.6 Å². The van der Waals surface area contributed by atoms with Crippen LogP contribution in [0.15, 0.2) is 24.3 Å². The summed E-state index contributed by atoms with van der Waals surface area (Å²) >= 11 is 0. The third kappa shape index (κ3) is 4.20. The molecule has 0 saturated carbocycles. The summed E-state index contributed by atoms with van der Waals surface area (Å²) in [6.45, 7) is 4.93. The zero-order chi connectivity index (χ0) is 17.8. The number of likely N-dealkylation sites (tertiary alicyclic amines) is 2. The summed E-state index contributed by atoms with van der Waals surface area (Å²) in [5.41, 5.74) is 0.593. The third-order valence-corrected chi connectivity index (χ3v) is 5.53. The molecular weight excluding hydrogens is 319 g/mol. The normalized spacial score (nSPS) is 19.9. The molecule has 0 radical (unpaired) electrons. The molecule has 0 unspecified atom stereocenters. The molecule has 2 saturated heterocycles. The Morgan fingerprint density at radius 3 is 2.36 bits per heavy atom. The number of carbonyl (C=O) groups is 2. The molecule has 0 spiro atoms. The number of benzene rings is 1. The van der Waals surface area contributed by atoms with Crippen molar-refractivity contribution in [2.75, 3.05) is 26.2 Å². The minimum atomic E-state index is -0.252. The van der Waals surface area contributed by atoms with Crippen LogP contribution in [0.3, 0.4) is 0 Å². The smallest absolute Gasteiger partial charge is 0.225 e. The number of hydrogen-bond acceptors (Lipinski definition) is 2. The molecule has 1 aromatic carbocycles. The van der Waals surface area contributed by atoms with Crippen molar-refractivity contribution >= 4 is 11.8 Å². The lowest BCUT2D eigenvalue weighted by Crippen LogP contribution is -2.44. The van der Waals surface area contributed by atoms with Crippen molar-refractivity contribution in [3.63, 3.8) is 0 Å². The van der Waals surface area contributed by atoms with Crippen LogP contribution in [0.2, 0.25) is 0 Å². The average molecular weight is 346 g/mol. The van der Waals surface area contributed by atoms with Gasteiger partial charge >= 0.3 is 0 Å². The van der Waals surface area contributed by atoms with Crippen molar-refractivity contribution in [1.82, 2.24) is 9.80 Å². The highest BCUT2D eigenvalue weighted by molar-refractivity contribution is 5.80. The summed E-state index contributed by atoms with van der Waals surface area (Å²) in [6, 6.07) is 6.64. The lowest BCUT2D eigenvalue weighted by molar-refractivity contribution is -0.140. The van der Waals surface area contributed by atoms with E-state index >= 15 is 0 Å². The molecule has 1 atom stereocenters. The van der Waals surface area contributed by atoms with Gasteiger partial charge in [0.25, 0.3) is 0 Å². The van der Waals surface area contributed by atoms with Crippen LogP contribution in [-0.4, -0.2) is 47.8 Å². The van der Waals surface area contributed by atoms with Crippen molar-refractivity contribution in [1.29, 1.82) is 0 Å². The Balaban J connectivity index is 1.50. The maximum absolute atomic E-state index is 13.9. The zero-order valence-electron chi connectivity index (χ0n) is 14.9. The van der Waals surface area contributed by atoms with E-state index in [-0.39, 0.29) is 29.5 Å². The Labute approximate surface area is 149 Å². The van der Waals surface area contributed by atoms with E-state index in [0.29, 0.717) is 25.1 Å². The molecule has 2 amide bonds. The molecular formula is C20H27FN2O2. The van der Waals surface area contributed by atoms with E-state index < -0.39 is 0 Å². The Kier molecular flexibility index (Phi) is 5.71. The number of piperidine rings is 1. The molecule has 2 fully saturated rings. The van der Waals surface area contributed by atoms with Gasteiger partial charge in [0.1, 0.15) is 5.82 Å². The minimum Gasteiger partial charge on any atom is -0.343 e. The summed E-state index contributed by atoms with van der Waals surface area (Å²) < 4.78 is 13.9. The van der Waals surface area contributed by atoms with E-state index in [0.717, 1.165) is 38.8 Å². The minimum absolute atomic E-state index is 0.0582. The second-order valence-corrected chi connectivity index (χ2v) is 7.31. The second-order valence-electron chi connectivity index (χ2n) is 7.31. The molecule has 0 bridgehead atoms. The van der Waals surface area contributed by atoms with Crippen molar-refractivity contribution in [3.8, 4) is 0 Å². The van der Waals surface area contributed by atoms with Gasteiger partial charge in [0, 0.05) is 38.5 Å². The van der Waals surface area contributed by atoms with E-state index in [4.69, 9.17) is 0 Å². The molecule has 0 aliphatic carbocycles. The fourth-order valence-electron chi connectivity index (χ4n) is 3.95. The summed E-state index contributed by atoms with van der Waals surface area (Å²) in [4.78, 5) is 28.8. The summed E-state index contributed by atoms with van der Waals surface area (Å²) in [5.74, 6) is -0.00587. The maximum Gasteiger partial charge on any atom is 0.225 e.